The highest BCUT2D eigenvalue weighted by atomic mass is 28.5. The van der Waals surface area contributed by atoms with Gasteiger partial charge in [0.25, 0.3) is 25.7 Å². The maximum atomic E-state index is 4.35. The van der Waals surface area contributed by atoms with E-state index in [9.17, 15) is 0 Å². The molecule has 0 heterocycles. The van der Waals surface area contributed by atoms with E-state index in [-0.39, 0.29) is 0 Å². The molecule has 0 bridgehead atoms. The van der Waals surface area contributed by atoms with E-state index in [0.29, 0.717) is 36.3 Å². The summed E-state index contributed by atoms with van der Waals surface area (Å²) in [5.41, 5.74) is 0. The second-order valence-corrected chi connectivity index (χ2v) is 27.0. The Balaban J connectivity index is 8.02. The SMILES string of the molecule is CC(C)N[Si](CC[SiH3])(NC(C)C)N([Si](CC[SiH3])(NC(C)C)NC(C)C)[Si](CC[SiH3])(NC(C)C)NC(C)C. The molecule has 13 heteroatoms. The zero-order valence-corrected chi connectivity index (χ0v) is 36.7. The van der Waals surface area contributed by atoms with E-state index >= 15 is 0 Å². The van der Waals surface area contributed by atoms with Gasteiger partial charge in [-0.1, -0.05) is 101 Å². The molecule has 0 unspecified atom stereocenters. The Kier molecular flexibility index (Phi) is 18.2. The highest BCUT2D eigenvalue weighted by molar-refractivity contribution is 7.03. The van der Waals surface area contributed by atoms with E-state index in [0.717, 1.165) is 0 Å². The Morgan fingerprint density at radius 2 is 0.568 bits per heavy atom. The van der Waals surface area contributed by atoms with Gasteiger partial charge < -0.3 is 29.9 Å². The lowest BCUT2D eigenvalue weighted by atomic mass is 10.4. The Morgan fingerprint density at radius 3 is 0.676 bits per heavy atom. The zero-order chi connectivity index (χ0) is 29.0. The molecule has 0 rings (SSSR count). The van der Waals surface area contributed by atoms with Gasteiger partial charge in [-0.05, 0) is 54.4 Å². The maximum Gasteiger partial charge on any atom is 0.274 e. The zero-order valence-electron chi connectivity index (χ0n) is 27.7. The van der Waals surface area contributed by atoms with E-state index < -0.39 is 25.7 Å². The van der Waals surface area contributed by atoms with Crippen molar-refractivity contribution in [3.63, 3.8) is 0 Å². The molecule has 0 atom stereocenters. The van der Waals surface area contributed by atoms with Crippen LogP contribution in [0.3, 0.4) is 0 Å². The van der Waals surface area contributed by atoms with Crippen LogP contribution in [0.15, 0.2) is 0 Å². The van der Waals surface area contributed by atoms with Gasteiger partial charge in [0.2, 0.25) is 0 Å². The summed E-state index contributed by atoms with van der Waals surface area (Å²) in [6.45, 7) is 28.3. The molecule has 37 heavy (non-hydrogen) atoms. The molecule has 0 aromatic rings. The van der Waals surface area contributed by atoms with Crippen molar-refractivity contribution < 1.29 is 0 Å². The molecule has 0 radical (unpaired) electrons. The lowest BCUT2D eigenvalue weighted by Gasteiger charge is -2.62. The summed E-state index contributed by atoms with van der Waals surface area (Å²) in [6.07, 6.45) is 0. The second-order valence-electron chi connectivity index (χ2n) is 13.0. The molecule has 0 aliphatic heterocycles. The first-order valence-electron chi connectivity index (χ1n) is 15.5. The molecular weight excluding hydrogens is 555 g/mol. The smallest absolute Gasteiger partial charge is 0.274 e. The van der Waals surface area contributed by atoms with Gasteiger partial charge in [-0.15, -0.1) is 0 Å². The minimum Gasteiger partial charge on any atom is -0.312 e. The molecule has 224 valence electrons. The predicted molar refractivity (Wildman–Crippen MR) is 187 cm³/mol. The summed E-state index contributed by atoms with van der Waals surface area (Å²) in [5.74, 6) is 0. The molecule has 0 saturated carbocycles. The highest BCUT2D eigenvalue weighted by Crippen LogP contribution is 2.31. The molecule has 0 aromatic heterocycles. The van der Waals surface area contributed by atoms with Crippen LogP contribution in [0.25, 0.3) is 0 Å². The summed E-state index contributed by atoms with van der Waals surface area (Å²) in [6, 6.07) is 10.2. The third-order valence-corrected chi connectivity index (χ3v) is 29.8. The van der Waals surface area contributed by atoms with Gasteiger partial charge in [-0.2, -0.15) is 0 Å². The third-order valence-electron chi connectivity index (χ3n) is 6.15. The molecule has 0 aromatic carbocycles. The van der Waals surface area contributed by atoms with Crippen molar-refractivity contribution in [1.82, 2.24) is 33.8 Å². The number of rotatable bonds is 21. The second kappa shape index (κ2) is 17.8. The molecular formula is C24H69N7Si6. The van der Waals surface area contributed by atoms with Crippen molar-refractivity contribution in [1.29, 1.82) is 0 Å². The minimum absolute atomic E-state index is 0.426. The molecule has 0 saturated heterocycles. The number of hydrogen-bond donors (Lipinski definition) is 6. The first-order chi connectivity index (χ1) is 17.0. The molecule has 0 amide bonds. The molecule has 0 aliphatic rings. The highest BCUT2D eigenvalue weighted by Gasteiger charge is 2.62. The Hall–Kier alpha value is 1.02. The van der Waals surface area contributed by atoms with Gasteiger partial charge in [0.1, 0.15) is 0 Å². The first kappa shape index (κ1) is 38.0. The van der Waals surface area contributed by atoms with Crippen LogP contribution in [0, 0.1) is 0 Å². The normalized spacial score (nSPS) is 14.4. The van der Waals surface area contributed by atoms with Crippen LogP contribution in [-0.4, -0.2) is 96.6 Å². The van der Waals surface area contributed by atoms with Gasteiger partial charge in [-0.3, -0.25) is 3.90 Å². The van der Waals surface area contributed by atoms with Gasteiger partial charge in [-0.25, -0.2) is 0 Å². The summed E-state index contributed by atoms with van der Waals surface area (Å²) < 4.78 is 3.22. The van der Waals surface area contributed by atoms with Crippen molar-refractivity contribution in [2.24, 2.45) is 0 Å². The lowest BCUT2D eigenvalue weighted by molar-refractivity contribution is 0.515. The molecule has 0 fully saturated rings. The summed E-state index contributed by atoms with van der Waals surface area (Å²) in [7, 11) is -3.49. The summed E-state index contributed by atoms with van der Waals surface area (Å²) in [4.78, 5) is 26.1. The summed E-state index contributed by atoms with van der Waals surface area (Å²) >= 11 is 0. The van der Waals surface area contributed by atoms with Crippen LogP contribution in [0.1, 0.15) is 83.1 Å². The Morgan fingerprint density at radius 1 is 0.405 bits per heavy atom. The number of nitrogens with one attached hydrogen (secondary N) is 6. The van der Waals surface area contributed by atoms with Crippen LogP contribution in [0.4, 0.5) is 0 Å². The fourth-order valence-electron chi connectivity index (χ4n) is 6.21. The van der Waals surface area contributed by atoms with Crippen molar-refractivity contribution in [2.45, 2.75) is 156 Å². The van der Waals surface area contributed by atoms with Crippen LogP contribution in [0.5, 0.6) is 0 Å². The van der Waals surface area contributed by atoms with Crippen molar-refractivity contribution in [3.8, 4) is 0 Å². The lowest BCUT2D eigenvalue weighted by Crippen LogP contribution is -2.97. The van der Waals surface area contributed by atoms with Crippen LogP contribution in [-0.2, 0) is 0 Å². The predicted octanol–water partition coefficient (Wildman–Crippen LogP) is 0.444. The average Bonchev–Trinajstić information content (AvgIpc) is 2.64. The minimum atomic E-state index is -2.39. The largest absolute Gasteiger partial charge is 0.312 e. The number of hydrogen-bond acceptors (Lipinski definition) is 7. The topological polar surface area (TPSA) is 75.4 Å². The molecule has 0 spiro atoms. The third kappa shape index (κ3) is 12.2. The van der Waals surface area contributed by atoms with Crippen LogP contribution in [0.2, 0.25) is 36.3 Å². The Bertz CT molecular complexity index is 497. The van der Waals surface area contributed by atoms with Gasteiger partial charge >= 0.3 is 0 Å². The number of nitrogens with zero attached hydrogens (tertiary/aromatic N) is 1. The van der Waals surface area contributed by atoms with E-state index in [4.69, 9.17) is 0 Å². The van der Waals surface area contributed by atoms with E-state index in [1.54, 1.807) is 0 Å². The molecule has 0 aliphatic carbocycles. The van der Waals surface area contributed by atoms with Gasteiger partial charge in [0.05, 0.1) is 0 Å². The quantitative estimate of drug-likeness (QED) is 0.104. The van der Waals surface area contributed by atoms with Gasteiger partial charge in [0, 0.05) is 30.7 Å². The molecule has 6 N–H and O–H groups in total. The van der Waals surface area contributed by atoms with E-state index in [1.165, 1.54) is 67.0 Å². The van der Waals surface area contributed by atoms with E-state index in [1.807, 2.05) is 0 Å². The van der Waals surface area contributed by atoms with Crippen molar-refractivity contribution in [2.75, 3.05) is 0 Å². The van der Waals surface area contributed by atoms with Crippen molar-refractivity contribution >= 4 is 56.4 Å². The fraction of sp³-hybridized carbons (Fsp3) is 1.00. The monoisotopic (exact) mass is 623 g/mol. The van der Waals surface area contributed by atoms with Crippen LogP contribution >= 0.6 is 0 Å². The molecule has 7 nitrogen and oxygen atoms in total. The van der Waals surface area contributed by atoms with Crippen LogP contribution < -0.4 is 29.9 Å². The van der Waals surface area contributed by atoms with Gasteiger partial charge in [0.15, 0.2) is 0 Å². The first-order valence-corrected chi connectivity index (χ1v) is 26.2. The fourth-order valence-corrected chi connectivity index (χ4v) is 35.3. The summed E-state index contributed by atoms with van der Waals surface area (Å²) in [5, 5.41) is 0. The average molecular weight is 624 g/mol. The van der Waals surface area contributed by atoms with Crippen molar-refractivity contribution in [3.05, 3.63) is 0 Å². The maximum absolute atomic E-state index is 4.35. The standard InChI is InChI=1S/C24H69N7Si6/c1-19(2)25-35(16-13-32,26-20(3)4)31(36(17-14-33,27-21(5)6)28-22(7)8)37(18-15-34,29-23(9)10)30-24(11)12/h19-30H,13-18H2,1-12,32-34H3. The Labute approximate surface area is 245 Å². The van der Waals surface area contributed by atoms with E-state index in [2.05, 4.69) is 117 Å².